The predicted octanol–water partition coefficient (Wildman–Crippen LogP) is 0.891. The molecule has 0 bridgehead atoms. The Balaban J connectivity index is 2.05. The maximum absolute atomic E-state index is 11.9. The summed E-state index contributed by atoms with van der Waals surface area (Å²) in [6.07, 6.45) is -0.417. The Morgan fingerprint density at radius 2 is 2.00 bits per heavy atom. The lowest BCUT2D eigenvalue weighted by Crippen LogP contribution is -2.57. The van der Waals surface area contributed by atoms with Crippen LogP contribution in [0.1, 0.15) is 25.8 Å². The molecule has 2 atom stereocenters. The molecule has 0 radical (unpaired) electrons. The molecule has 0 spiro atoms. The highest BCUT2D eigenvalue weighted by molar-refractivity contribution is 5.79. The summed E-state index contributed by atoms with van der Waals surface area (Å²) in [5.41, 5.74) is -0.309. The van der Waals surface area contributed by atoms with Crippen molar-refractivity contribution in [3.05, 3.63) is 35.9 Å². The van der Waals surface area contributed by atoms with Crippen LogP contribution in [0, 0.1) is 5.41 Å². The summed E-state index contributed by atoms with van der Waals surface area (Å²) in [6, 6.07) is 9.41. The molecule has 1 amide bonds. The number of nitrogens with zero attached hydrogens (tertiary/aromatic N) is 1. The van der Waals surface area contributed by atoms with Gasteiger partial charge in [0.15, 0.2) is 0 Å². The Kier molecular flexibility index (Phi) is 5.96. The molecule has 2 rings (SSSR count). The number of benzene rings is 1. The van der Waals surface area contributed by atoms with Gasteiger partial charge < -0.3 is 15.5 Å². The molecule has 1 fully saturated rings. The number of aliphatic carboxylic acids is 1. The van der Waals surface area contributed by atoms with Crippen LogP contribution in [0.15, 0.2) is 30.3 Å². The molecule has 0 aromatic heterocycles. The molecule has 132 valence electrons. The summed E-state index contributed by atoms with van der Waals surface area (Å²) in [5, 5.41) is 23.1. The highest BCUT2D eigenvalue weighted by atomic mass is 16.4. The van der Waals surface area contributed by atoms with Gasteiger partial charge in [0.1, 0.15) is 5.41 Å². The number of hydrogen-bond donors (Lipinski definition) is 3. The number of carboxylic acid groups (broad SMARTS) is 1. The molecule has 1 saturated heterocycles. The third-order valence-electron chi connectivity index (χ3n) is 4.55. The number of carboxylic acids is 1. The van der Waals surface area contributed by atoms with Gasteiger partial charge in [0, 0.05) is 12.6 Å². The number of likely N-dealkylation sites (tertiary alicyclic amines) is 1. The minimum Gasteiger partial charge on any atom is -0.481 e. The number of β-amino-alcohol motifs (C(OH)–C–C–N with tert-alkyl or cyclic N) is 1. The van der Waals surface area contributed by atoms with Crippen molar-refractivity contribution in [2.75, 3.05) is 19.6 Å². The molecule has 6 nitrogen and oxygen atoms in total. The van der Waals surface area contributed by atoms with Gasteiger partial charge in [-0.25, -0.2) is 0 Å². The summed E-state index contributed by atoms with van der Waals surface area (Å²) in [6.45, 7) is 4.61. The quantitative estimate of drug-likeness (QED) is 0.719. The van der Waals surface area contributed by atoms with Crippen LogP contribution in [-0.2, 0) is 16.0 Å². The molecule has 6 heteroatoms. The SMILES string of the molecule is CC(C)NC(=O)CN1CC[C@](Cc2ccccc2)(C(=O)O)[C@@H](O)C1. The largest absolute Gasteiger partial charge is 0.481 e. The van der Waals surface area contributed by atoms with Gasteiger partial charge in [-0.1, -0.05) is 30.3 Å². The number of aliphatic hydroxyl groups is 1. The van der Waals surface area contributed by atoms with E-state index in [1.54, 1.807) is 0 Å². The molecule has 0 aliphatic carbocycles. The average Bonchev–Trinajstić information content (AvgIpc) is 2.50. The van der Waals surface area contributed by atoms with Crippen LogP contribution in [0.3, 0.4) is 0 Å². The minimum atomic E-state index is -1.20. The molecular weight excluding hydrogens is 308 g/mol. The second-order valence-corrected chi connectivity index (χ2v) is 6.85. The third-order valence-corrected chi connectivity index (χ3v) is 4.55. The first-order valence-corrected chi connectivity index (χ1v) is 8.30. The van der Waals surface area contributed by atoms with Gasteiger partial charge in [0.05, 0.1) is 12.6 Å². The number of rotatable bonds is 6. The number of carbonyl (C=O) groups is 2. The molecule has 1 aliphatic rings. The zero-order valence-electron chi connectivity index (χ0n) is 14.2. The van der Waals surface area contributed by atoms with Crippen molar-refractivity contribution in [3.8, 4) is 0 Å². The second-order valence-electron chi connectivity index (χ2n) is 6.85. The van der Waals surface area contributed by atoms with E-state index in [2.05, 4.69) is 5.32 Å². The Morgan fingerprint density at radius 3 is 2.54 bits per heavy atom. The van der Waals surface area contributed by atoms with E-state index in [-0.39, 0.29) is 31.5 Å². The van der Waals surface area contributed by atoms with E-state index < -0.39 is 17.5 Å². The summed E-state index contributed by atoms with van der Waals surface area (Å²) < 4.78 is 0. The summed E-state index contributed by atoms with van der Waals surface area (Å²) in [7, 11) is 0. The van der Waals surface area contributed by atoms with E-state index in [1.165, 1.54) is 0 Å². The second kappa shape index (κ2) is 7.77. The summed E-state index contributed by atoms with van der Waals surface area (Å²) in [4.78, 5) is 25.6. The van der Waals surface area contributed by atoms with Crippen LogP contribution in [0.4, 0.5) is 0 Å². The fraction of sp³-hybridized carbons (Fsp3) is 0.556. The highest BCUT2D eigenvalue weighted by Crippen LogP contribution is 2.36. The van der Waals surface area contributed by atoms with Gasteiger partial charge in [0.2, 0.25) is 5.91 Å². The fourth-order valence-corrected chi connectivity index (χ4v) is 3.24. The van der Waals surface area contributed by atoms with Crippen molar-refractivity contribution in [2.24, 2.45) is 5.41 Å². The Labute approximate surface area is 142 Å². The zero-order chi connectivity index (χ0) is 17.7. The normalized spacial score (nSPS) is 24.8. The van der Waals surface area contributed by atoms with E-state index in [1.807, 2.05) is 49.1 Å². The van der Waals surface area contributed by atoms with Gasteiger partial charge in [0.25, 0.3) is 0 Å². The third kappa shape index (κ3) is 4.33. The van der Waals surface area contributed by atoms with Crippen LogP contribution in [0.2, 0.25) is 0 Å². The minimum absolute atomic E-state index is 0.0587. The first kappa shape index (κ1) is 18.4. The standard InChI is InChI=1S/C18H26N2O4/c1-13(2)19-16(22)12-20-9-8-18(17(23)24,15(21)11-20)10-14-6-4-3-5-7-14/h3-7,13,15,21H,8-12H2,1-2H3,(H,19,22)(H,23,24)/t15-,18+/m0/s1. The molecule has 1 heterocycles. The van der Waals surface area contributed by atoms with Crippen LogP contribution in [0.5, 0.6) is 0 Å². The van der Waals surface area contributed by atoms with E-state index in [0.29, 0.717) is 13.0 Å². The lowest BCUT2D eigenvalue weighted by Gasteiger charge is -2.42. The molecular formula is C18H26N2O4. The van der Waals surface area contributed by atoms with Gasteiger partial charge in [-0.15, -0.1) is 0 Å². The van der Waals surface area contributed by atoms with Gasteiger partial charge in [-0.05, 0) is 38.8 Å². The lowest BCUT2D eigenvalue weighted by molar-refractivity contribution is -0.163. The molecule has 24 heavy (non-hydrogen) atoms. The lowest BCUT2D eigenvalue weighted by atomic mass is 9.71. The highest BCUT2D eigenvalue weighted by Gasteiger charge is 2.48. The number of carbonyl (C=O) groups excluding carboxylic acids is 1. The van der Waals surface area contributed by atoms with Crippen molar-refractivity contribution >= 4 is 11.9 Å². The van der Waals surface area contributed by atoms with E-state index in [4.69, 9.17) is 0 Å². The van der Waals surface area contributed by atoms with E-state index >= 15 is 0 Å². The monoisotopic (exact) mass is 334 g/mol. The Hall–Kier alpha value is -1.92. The van der Waals surface area contributed by atoms with Crippen LogP contribution in [0.25, 0.3) is 0 Å². The van der Waals surface area contributed by atoms with Crippen molar-refractivity contribution in [3.63, 3.8) is 0 Å². The first-order chi connectivity index (χ1) is 11.3. The molecule has 1 aliphatic heterocycles. The smallest absolute Gasteiger partial charge is 0.312 e. The van der Waals surface area contributed by atoms with Gasteiger partial charge in [-0.2, -0.15) is 0 Å². The molecule has 0 unspecified atom stereocenters. The maximum Gasteiger partial charge on any atom is 0.312 e. The topological polar surface area (TPSA) is 89.9 Å². The first-order valence-electron chi connectivity index (χ1n) is 8.30. The molecule has 0 saturated carbocycles. The summed E-state index contributed by atoms with van der Waals surface area (Å²) in [5.74, 6) is -1.09. The molecule has 1 aromatic carbocycles. The van der Waals surface area contributed by atoms with Crippen molar-refractivity contribution < 1.29 is 19.8 Å². The van der Waals surface area contributed by atoms with Gasteiger partial charge >= 0.3 is 5.97 Å². The van der Waals surface area contributed by atoms with Crippen molar-refractivity contribution in [1.29, 1.82) is 0 Å². The summed E-state index contributed by atoms with van der Waals surface area (Å²) >= 11 is 0. The van der Waals surface area contributed by atoms with Crippen molar-refractivity contribution in [1.82, 2.24) is 10.2 Å². The van der Waals surface area contributed by atoms with Crippen LogP contribution in [-0.4, -0.2) is 58.8 Å². The van der Waals surface area contributed by atoms with Crippen LogP contribution >= 0.6 is 0 Å². The number of nitrogens with one attached hydrogen (secondary N) is 1. The van der Waals surface area contributed by atoms with Gasteiger partial charge in [-0.3, -0.25) is 14.5 Å². The van der Waals surface area contributed by atoms with Crippen LogP contribution < -0.4 is 5.32 Å². The molecule has 3 N–H and O–H groups in total. The van der Waals surface area contributed by atoms with Crippen molar-refractivity contribution in [2.45, 2.75) is 38.8 Å². The predicted molar refractivity (Wildman–Crippen MR) is 90.6 cm³/mol. The fourth-order valence-electron chi connectivity index (χ4n) is 3.24. The molecule has 1 aromatic rings. The maximum atomic E-state index is 11.9. The number of piperidine rings is 1. The Bertz CT molecular complexity index is 576. The van der Waals surface area contributed by atoms with E-state index in [9.17, 15) is 19.8 Å². The Morgan fingerprint density at radius 1 is 1.33 bits per heavy atom. The average molecular weight is 334 g/mol. The number of aliphatic hydroxyl groups excluding tert-OH is 1. The number of hydrogen-bond acceptors (Lipinski definition) is 4. The zero-order valence-corrected chi connectivity index (χ0v) is 14.2. The van der Waals surface area contributed by atoms with E-state index in [0.717, 1.165) is 5.56 Å². The number of amides is 1.